The van der Waals surface area contributed by atoms with Gasteiger partial charge in [0.05, 0.1) is 12.1 Å². The number of imide groups is 1. The van der Waals surface area contributed by atoms with Gasteiger partial charge in [0.25, 0.3) is 5.91 Å². The van der Waals surface area contributed by atoms with E-state index in [0.29, 0.717) is 13.0 Å². The predicted octanol–water partition coefficient (Wildman–Crippen LogP) is 2.93. The van der Waals surface area contributed by atoms with E-state index in [4.69, 9.17) is 0 Å². The van der Waals surface area contributed by atoms with Crippen LogP contribution in [0.3, 0.4) is 0 Å². The zero-order valence-electron chi connectivity index (χ0n) is 32.2. The van der Waals surface area contributed by atoms with Crippen LogP contribution in [0.25, 0.3) is 0 Å². The summed E-state index contributed by atoms with van der Waals surface area (Å²) in [7, 11) is 0. The normalized spacial score (nSPS) is 25.6. The molecule has 4 aliphatic rings. The second-order valence-corrected chi connectivity index (χ2v) is 18.7. The number of nitrogens with one attached hydrogen (secondary N) is 4. The predicted molar refractivity (Wildman–Crippen MR) is 192 cm³/mol. The van der Waals surface area contributed by atoms with Crippen LogP contribution >= 0.6 is 0 Å². The Labute approximate surface area is 302 Å². The lowest BCUT2D eigenvalue weighted by atomic mass is 9.80. The van der Waals surface area contributed by atoms with Crippen LogP contribution in [0.1, 0.15) is 101 Å². The van der Waals surface area contributed by atoms with Gasteiger partial charge in [-0.3, -0.25) is 33.7 Å². The van der Waals surface area contributed by atoms with Gasteiger partial charge in [-0.2, -0.15) is 0 Å². The minimum absolute atomic E-state index is 0.00202. The Kier molecular flexibility index (Phi) is 11.2. The Morgan fingerprint density at radius 2 is 1.49 bits per heavy atom. The van der Waals surface area contributed by atoms with E-state index in [0.717, 1.165) is 12.8 Å². The van der Waals surface area contributed by atoms with Crippen molar-refractivity contribution in [1.29, 1.82) is 0 Å². The van der Waals surface area contributed by atoms with Gasteiger partial charge in [-0.15, -0.1) is 6.58 Å². The van der Waals surface area contributed by atoms with Gasteiger partial charge in [0.2, 0.25) is 29.4 Å². The van der Waals surface area contributed by atoms with Gasteiger partial charge in [0.1, 0.15) is 12.1 Å². The lowest BCUT2D eigenvalue weighted by molar-refractivity contribution is -0.153. The molecule has 7 amide bonds. The largest absolute Gasteiger partial charge is 0.346 e. The van der Waals surface area contributed by atoms with Crippen LogP contribution in [0.15, 0.2) is 12.7 Å². The third-order valence-electron chi connectivity index (χ3n) is 11.3. The number of carbonyl (C=O) groups is 7. The zero-order chi connectivity index (χ0) is 38.4. The fraction of sp³-hybridized carbons (Fsp3) is 0.763. The molecule has 0 aromatic carbocycles. The van der Waals surface area contributed by atoms with E-state index in [1.54, 1.807) is 0 Å². The van der Waals surface area contributed by atoms with Gasteiger partial charge in [-0.05, 0) is 45.8 Å². The summed E-state index contributed by atoms with van der Waals surface area (Å²) < 4.78 is 0. The number of hydrogen-bond acceptors (Lipinski definition) is 7. The highest BCUT2D eigenvalue weighted by molar-refractivity contribution is 6.38. The van der Waals surface area contributed by atoms with Crippen molar-refractivity contribution in [2.45, 2.75) is 126 Å². The summed E-state index contributed by atoms with van der Waals surface area (Å²) >= 11 is 0. The van der Waals surface area contributed by atoms with Crippen molar-refractivity contribution in [2.75, 3.05) is 19.6 Å². The number of piperidine rings is 2. The Balaban J connectivity index is 1.52. The van der Waals surface area contributed by atoms with Gasteiger partial charge in [-0.25, -0.2) is 4.79 Å². The Morgan fingerprint density at radius 3 is 2.00 bits per heavy atom. The molecule has 4 N–H and O–H groups in total. The molecule has 2 heterocycles. The number of Topliss-reactive ketones (excluding diaryl/α,β-unsaturated/α-hetero) is 1. The molecule has 13 heteroatoms. The fourth-order valence-electron chi connectivity index (χ4n) is 7.68. The Morgan fingerprint density at radius 1 is 0.902 bits per heavy atom. The van der Waals surface area contributed by atoms with Crippen molar-refractivity contribution in [1.82, 2.24) is 31.1 Å². The van der Waals surface area contributed by atoms with E-state index < -0.39 is 69.9 Å². The maximum atomic E-state index is 14.5. The molecule has 0 radical (unpaired) electrons. The number of nitrogens with zero attached hydrogens (tertiary/aromatic N) is 2. The van der Waals surface area contributed by atoms with E-state index in [2.05, 4.69) is 41.7 Å². The first-order valence-electron chi connectivity index (χ1n) is 18.3. The van der Waals surface area contributed by atoms with Gasteiger partial charge < -0.3 is 26.2 Å². The third kappa shape index (κ3) is 9.18. The van der Waals surface area contributed by atoms with Crippen molar-refractivity contribution in [3.63, 3.8) is 0 Å². The van der Waals surface area contributed by atoms with Crippen LogP contribution in [0.2, 0.25) is 0 Å². The molecule has 2 aliphatic heterocycles. The molecule has 4 fully saturated rings. The minimum atomic E-state index is -1.04. The summed E-state index contributed by atoms with van der Waals surface area (Å²) in [4.78, 5) is 96.7. The first-order valence-corrected chi connectivity index (χ1v) is 18.3. The lowest BCUT2D eigenvalue weighted by Crippen LogP contribution is -2.63. The number of ketones is 1. The summed E-state index contributed by atoms with van der Waals surface area (Å²) in [5, 5.41) is 11.2. The smallest absolute Gasteiger partial charge is 0.315 e. The molecule has 4 rings (SSSR count). The van der Waals surface area contributed by atoms with Crippen molar-refractivity contribution in [2.24, 2.45) is 39.4 Å². The topological polar surface area (TPSA) is 174 Å². The number of amides is 7. The van der Waals surface area contributed by atoms with Gasteiger partial charge in [-0.1, -0.05) is 88.2 Å². The van der Waals surface area contributed by atoms with Crippen LogP contribution in [0.5, 0.6) is 0 Å². The van der Waals surface area contributed by atoms with Crippen LogP contribution < -0.4 is 21.3 Å². The van der Waals surface area contributed by atoms with Crippen LogP contribution in [-0.4, -0.2) is 95.0 Å². The van der Waals surface area contributed by atoms with E-state index in [9.17, 15) is 33.6 Å². The third-order valence-corrected chi connectivity index (χ3v) is 11.3. The second kappa shape index (κ2) is 14.3. The first-order chi connectivity index (χ1) is 23.4. The molecule has 0 bridgehead atoms. The minimum Gasteiger partial charge on any atom is -0.346 e. The molecule has 6 atom stereocenters. The Bertz CT molecular complexity index is 1430. The number of urea groups is 1. The van der Waals surface area contributed by atoms with Crippen molar-refractivity contribution < 1.29 is 33.6 Å². The molecule has 284 valence electrons. The van der Waals surface area contributed by atoms with E-state index in [1.165, 1.54) is 15.9 Å². The van der Waals surface area contributed by atoms with Crippen LogP contribution in [-0.2, 0) is 28.8 Å². The number of likely N-dealkylation sites (tertiary alicyclic amines) is 2. The quantitative estimate of drug-likeness (QED) is 0.129. The zero-order valence-corrected chi connectivity index (χ0v) is 32.2. The molecule has 0 aromatic rings. The molecule has 0 aromatic heterocycles. The van der Waals surface area contributed by atoms with E-state index in [-0.39, 0.29) is 60.9 Å². The molecular formula is C38H60N6O7. The van der Waals surface area contributed by atoms with Gasteiger partial charge >= 0.3 is 6.03 Å². The summed E-state index contributed by atoms with van der Waals surface area (Å²) in [6.07, 6.45) is 4.10. The molecule has 0 spiro atoms. The molecule has 51 heavy (non-hydrogen) atoms. The van der Waals surface area contributed by atoms with Crippen LogP contribution in [0, 0.1) is 39.4 Å². The number of fused-ring (bicyclic) bond motifs is 1. The number of hydrogen-bond donors (Lipinski definition) is 4. The standard InChI is InChI=1S/C38H60N6O7/c1-12-15-39-32(49)29(47)23(16-21-13-14-21)40-31(48)28-27-22(38(27,10)11)19-44(28)33(50)30(36(5,6)7)42-34(51)41-24(35(2,3)4)20-43-25(45)17-37(8,9)18-26(43)46/h12,21-24,27-28,30H,1,13-20H2,2-11H3,(H,39,49)(H,40,48)(H2,41,42,51)/t22?,23?,24-,27?,28?,30-/m1/s1. The highest BCUT2D eigenvalue weighted by atomic mass is 16.2. The molecule has 2 saturated carbocycles. The summed E-state index contributed by atoms with van der Waals surface area (Å²) in [6.45, 7) is 23.0. The van der Waals surface area contributed by atoms with E-state index >= 15 is 0 Å². The number of rotatable bonds is 13. The molecule has 2 saturated heterocycles. The average molecular weight is 713 g/mol. The lowest BCUT2D eigenvalue weighted by Gasteiger charge is -2.40. The highest BCUT2D eigenvalue weighted by Gasteiger charge is 2.70. The molecule has 13 nitrogen and oxygen atoms in total. The highest BCUT2D eigenvalue weighted by Crippen LogP contribution is 2.65. The van der Waals surface area contributed by atoms with Gasteiger partial charge in [0, 0.05) is 32.5 Å². The maximum Gasteiger partial charge on any atom is 0.315 e. The average Bonchev–Trinajstić information content (AvgIpc) is 3.84. The first kappa shape index (κ1) is 40.0. The SMILES string of the molecule is C=CCNC(=O)C(=O)C(CC1CC1)NC(=O)C1C2C(CN1C(=O)[C@@H](NC(=O)N[C@H](CN1C(=O)CC(C)(C)CC1=O)C(C)(C)C)C(C)(C)C)C2(C)C. The summed E-state index contributed by atoms with van der Waals surface area (Å²) in [5.74, 6) is -2.86. The molecular weight excluding hydrogens is 652 g/mol. The van der Waals surface area contributed by atoms with Crippen molar-refractivity contribution in [3.8, 4) is 0 Å². The monoisotopic (exact) mass is 712 g/mol. The summed E-state index contributed by atoms with van der Waals surface area (Å²) in [5.41, 5.74) is -1.96. The second-order valence-electron chi connectivity index (χ2n) is 18.7. The van der Waals surface area contributed by atoms with Gasteiger partial charge in [0.15, 0.2) is 0 Å². The van der Waals surface area contributed by atoms with Crippen LogP contribution in [0.4, 0.5) is 4.79 Å². The van der Waals surface area contributed by atoms with Crippen molar-refractivity contribution >= 4 is 41.4 Å². The Hall–Kier alpha value is -3.77. The number of carbonyl (C=O) groups excluding carboxylic acids is 7. The molecule has 4 unspecified atom stereocenters. The fourth-order valence-corrected chi connectivity index (χ4v) is 7.68. The summed E-state index contributed by atoms with van der Waals surface area (Å²) in [6, 6.07) is -4.20. The van der Waals surface area contributed by atoms with E-state index in [1.807, 2.05) is 55.4 Å². The molecule has 2 aliphatic carbocycles. The maximum absolute atomic E-state index is 14.5. The van der Waals surface area contributed by atoms with Crippen molar-refractivity contribution in [3.05, 3.63) is 12.7 Å².